The Kier molecular flexibility index (Phi) is 5.33. The highest BCUT2D eigenvalue weighted by atomic mass is 16.2. The zero-order chi connectivity index (χ0) is 14.6. The maximum absolute atomic E-state index is 12.0. The molecule has 0 saturated heterocycles. The third kappa shape index (κ3) is 4.23. The number of aromatic nitrogens is 1. The van der Waals surface area contributed by atoms with Crippen molar-refractivity contribution in [3.63, 3.8) is 0 Å². The Morgan fingerprint density at radius 2 is 1.84 bits per heavy atom. The molecule has 1 heterocycles. The fourth-order valence-corrected chi connectivity index (χ4v) is 2.24. The second-order valence-corrected chi connectivity index (χ2v) is 5.73. The van der Waals surface area contributed by atoms with Crippen molar-refractivity contribution < 1.29 is 4.79 Å². The fourth-order valence-electron chi connectivity index (χ4n) is 2.24. The number of hydrogen-bond donors (Lipinski definition) is 1. The van der Waals surface area contributed by atoms with Crippen LogP contribution in [0.2, 0.25) is 0 Å². The molecule has 0 fully saturated rings. The minimum Gasteiger partial charge on any atom is -0.352 e. The average Bonchev–Trinajstić information content (AvgIpc) is 2.31. The van der Waals surface area contributed by atoms with E-state index in [1.165, 1.54) is 10.6 Å². The average molecular weight is 264 g/mol. The van der Waals surface area contributed by atoms with E-state index in [1.807, 2.05) is 0 Å². The maximum Gasteiger partial charge on any atom is 0.251 e. The van der Waals surface area contributed by atoms with E-state index in [1.54, 1.807) is 19.3 Å². The molecule has 1 N–H and O–H groups in total. The summed E-state index contributed by atoms with van der Waals surface area (Å²) in [4.78, 5) is 23.5. The first-order valence-corrected chi connectivity index (χ1v) is 6.77. The summed E-state index contributed by atoms with van der Waals surface area (Å²) in [5.41, 5.74) is 0.256. The lowest BCUT2D eigenvalue weighted by Gasteiger charge is -2.25. The first kappa shape index (κ1) is 15.5. The van der Waals surface area contributed by atoms with Crippen LogP contribution in [0, 0.1) is 17.8 Å². The molecule has 0 atom stereocenters. The molecular weight excluding hydrogens is 240 g/mol. The van der Waals surface area contributed by atoms with Gasteiger partial charge < -0.3 is 9.88 Å². The summed E-state index contributed by atoms with van der Waals surface area (Å²) in [6.07, 6.45) is 1.61. The van der Waals surface area contributed by atoms with Gasteiger partial charge in [-0.25, -0.2) is 0 Å². The minimum atomic E-state index is -0.177. The lowest BCUT2D eigenvalue weighted by atomic mass is 9.85. The van der Waals surface area contributed by atoms with E-state index in [9.17, 15) is 9.59 Å². The molecule has 0 aliphatic carbocycles. The van der Waals surface area contributed by atoms with Gasteiger partial charge in [-0.3, -0.25) is 9.59 Å². The molecule has 0 bridgehead atoms. The van der Waals surface area contributed by atoms with E-state index < -0.39 is 0 Å². The van der Waals surface area contributed by atoms with Crippen LogP contribution in [0.15, 0.2) is 23.1 Å². The Morgan fingerprint density at radius 1 is 1.26 bits per heavy atom. The number of pyridine rings is 1. The number of nitrogens with zero attached hydrogens (tertiary/aromatic N) is 1. The first-order valence-electron chi connectivity index (χ1n) is 6.77. The lowest BCUT2D eigenvalue weighted by Crippen LogP contribution is -2.34. The van der Waals surface area contributed by atoms with E-state index in [-0.39, 0.29) is 11.5 Å². The summed E-state index contributed by atoms with van der Waals surface area (Å²) in [5, 5.41) is 2.92. The second kappa shape index (κ2) is 6.55. The van der Waals surface area contributed by atoms with Gasteiger partial charge in [-0.1, -0.05) is 27.7 Å². The zero-order valence-corrected chi connectivity index (χ0v) is 12.4. The molecule has 0 aliphatic rings. The zero-order valence-electron chi connectivity index (χ0n) is 12.4. The van der Waals surface area contributed by atoms with E-state index in [2.05, 4.69) is 33.0 Å². The molecule has 1 rings (SSSR count). The summed E-state index contributed by atoms with van der Waals surface area (Å²) >= 11 is 0. The molecular formula is C15H24N2O2. The quantitative estimate of drug-likeness (QED) is 0.885. The van der Waals surface area contributed by atoms with Gasteiger partial charge in [0, 0.05) is 31.4 Å². The molecule has 0 spiro atoms. The summed E-state index contributed by atoms with van der Waals surface area (Å²) in [7, 11) is 1.66. The molecule has 4 nitrogen and oxygen atoms in total. The summed E-state index contributed by atoms with van der Waals surface area (Å²) in [5.74, 6) is 1.30. The van der Waals surface area contributed by atoms with Crippen molar-refractivity contribution in [2.75, 3.05) is 6.54 Å². The van der Waals surface area contributed by atoms with Crippen molar-refractivity contribution >= 4 is 5.91 Å². The van der Waals surface area contributed by atoms with Crippen LogP contribution in [0.4, 0.5) is 0 Å². The smallest absolute Gasteiger partial charge is 0.251 e. The molecule has 1 amide bonds. The molecule has 19 heavy (non-hydrogen) atoms. The molecule has 1 aromatic heterocycles. The maximum atomic E-state index is 12.0. The highest BCUT2D eigenvalue weighted by molar-refractivity contribution is 5.93. The van der Waals surface area contributed by atoms with E-state index in [4.69, 9.17) is 0 Å². The van der Waals surface area contributed by atoms with Crippen LogP contribution in [0.25, 0.3) is 0 Å². The van der Waals surface area contributed by atoms with Gasteiger partial charge >= 0.3 is 0 Å². The van der Waals surface area contributed by atoms with Crippen LogP contribution in [0.3, 0.4) is 0 Å². The predicted molar refractivity (Wildman–Crippen MR) is 77.2 cm³/mol. The molecule has 0 unspecified atom stereocenters. The van der Waals surface area contributed by atoms with Gasteiger partial charge in [0.25, 0.3) is 11.5 Å². The Hall–Kier alpha value is -1.58. The van der Waals surface area contributed by atoms with Crippen molar-refractivity contribution in [2.24, 2.45) is 24.8 Å². The highest BCUT2D eigenvalue weighted by Gasteiger charge is 2.18. The SMILES string of the molecule is CC(C)C(CNC(=O)c1ccn(C)c(=O)c1)C(C)C. The lowest BCUT2D eigenvalue weighted by molar-refractivity contribution is 0.0937. The summed E-state index contributed by atoms with van der Waals surface area (Å²) < 4.78 is 1.45. The monoisotopic (exact) mass is 264 g/mol. The third-order valence-electron chi connectivity index (χ3n) is 3.58. The fraction of sp³-hybridized carbons (Fsp3) is 0.600. The predicted octanol–water partition coefficient (Wildman–Crippen LogP) is 2.04. The molecule has 0 radical (unpaired) electrons. The number of carbonyl (C=O) groups is 1. The number of aryl methyl sites for hydroxylation is 1. The molecule has 4 heteroatoms. The molecule has 1 aromatic rings. The molecule has 106 valence electrons. The van der Waals surface area contributed by atoms with Crippen molar-refractivity contribution in [1.82, 2.24) is 9.88 Å². The van der Waals surface area contributed by atoms with Crippen LogP contribution in [0.1, 0.15) is 38.1 Å². The minimum absolute atomic E-state index is 0.170. The Balaban J connectivity index is 2.69. The Bertz CT molecular complexity index is 481. The number of hydrogen-bond acceptors (Lipinski definition) is 2. The standard InChI is InChI=1S/C15H24N2O2/c1-10(2)13(11(3)4)9-16-15(19)12-6-7-17(5)14(18)8-12/h6-8,10-11,13H,9H2,1-5H3,(H,16,19). The number of rotatable bonds is 5. The Morgan fingerprint density at radius 3 is 2.32 bits per heavy atom. The van der Waals surface area contributed by atoms with E-state index >= 15 is 0 Å². The summed E-state index contributed by atoms with van der Waals surface area (Å²) in [6.45, 7) is 9.29. The van der Waals surface area contributed by atoms with Crippen LogP contribution < -0.4 is 10.9 Å². The van der Waals surface area contributed by atoms with Gasteiger partial charge in [0.2, 0.25) is 0 Å². The van der Waals surface area contributed by atoms with E-state index in [0.29, 0.717) is 29.9 Å². The third-order valence-corrected chi connectivity index (χ3v) is 3.58. The van der Waals surface area contributed by atoms with Crippen LogP contribution >= 0.6 is 0 Å². The van der Waals surface area contributed by atoms with Gasteiger partial charge in [-0.2, -0.15) is 0 Å². The van der Waals surface area contributed by atoms with Crippen LogP contribution in [0.5, 0.6) is 0 Å². The molecule has 0 aliphatic heterocycles. The largest absolute Gasteiger partial charge is 0.352 e. The number of amides is 1. The van der Waals surface area contributed by atoms with Crippen molar-refractivity contribution in [3.8, 4) is 0 Å². The van der Waals surface area contributed by atoms with E-state index in [0.717, 1.165) is 0 Å². The van der Waals surface area contributed by atoms with Crippen molar-refractivity contribution in [3.05, 3.63) is 34.2 Å². The highest BCUT2D eigenvalue weighted by Crippen LogP contribution is 2.19. The molecule has 0 aromatic carbocycles. The number of carbonyl (C=O) groups excluding carboxylic acids is 1. The first-order chi connectivity index (χ1) is 8.82. The summed E-state index contributed by atoms with van der Waals surface area (Å²) in [6, 6.07) is 3.03. The second-order valence-electron chi connectivity index (χ2n) is 5.73. The van der Waals surface area contributed by atoms with Gasteiger partial charge in [-0.05, 0) is 23.8 Å². The van der Waals surface area contributed by atoms with Gasteiger partial charge in [0.1, 0.15) is 0 Å². The van der Waals surface area contributed by atoms with Crippen molar-refractivity contribution in [1.29, 1.82) is 0 Å². The normalized spacial score (nSPS) is 11.4. The van der Waals surface area contributed by atoms with Crippen LogP contribution in [-0.4, -0.2) is 17.0 Å². The van der Waals surface area contributed by atoms with Crippen LogP contribution in [-0.2, 0) is 7.05 Å². The van der Waals surface area contributed by atoms with Gasteiger partial charge in [0.05, 0.1) is 0 Å². The topological polar surface area (TPSA) is 51.1 Å². The Labute approximate surface area is 114 Å². The molecule has 0 saturated carbocycles. The van der Waals surface area contributed by atoms with Gasteiger partial charge in [0.15, 0.2) is 0 Å². The van der Waals surface area contributed by atoms with Gasteiger partial charge in [-0.15, -0.1) is 0 Å². The van der Waals surface area contributed by atoms with Crippen molar-refractivity contribution in [2.45, 2.75) is 27.7 Å². The number of nitrogens with one attached hydrogen (secondary N) is 1.